The molecule has 0 radical (unpaired) electrons. The Labute approximate surface area is 164 Å². The van der Waals surface area contributed by atoms with Crippen LogP contribution in [0.4, 0.5) is 4.79 Å². The van der Waals surface area contributed by atoms with Crippen molar-refractivity contribution in [3.8, 4) is 6.01 Å². The van der Waals surface area contributed by atoms with Crippen LogP contribution in [0.15, 0.2) is 0 Å². The van der Waals surface area contributed by atoms with E-state index in [1.165, 1.54) is 4.68 Å². The van der Waals surface area contributed by atoms with Crippen molar-refractivity contribution in [3.05, 3.63) is 0 Å². The van der Waals surface area contributed by atoms with Gasteiger partial charge in [-0.05, 0) is 23.3 Å². The molecule has 29 heavy (non-hydrogen) atoms. The van der Waals surface area contributed by atoms with Crippen molar-refractivity contribution in [3.63, 3.8) is 0 Å². The molecule has 16 nitrogen and oxygen atoms in total. The van der Waals surface area contributed by atoms with Crippen LogP contribution in [0.1, 0.15) is 12.8 Å². The first-order chi connectivity index (χ1) is 13.8. The zero-order chi connectivity index (χ0) is 21.0. The van der Waals surface area contributed by atoms with Crippen molar-refractivity contribution in [2.24, 2.45) is 5.73 Å². The minimum absolute atomic E-state index is 0.0110. The third kappa shape index (κ3) is 5.07. The first-order valence-electron chi connectivity index (χ1n) is 8.57. The minimum atomic E-state index is -4.85. The van der Waals surface area contributed by atoms with Gasteiger partial charge in [-0.2, -0.15) is 18.2 Å². The molecular formula is C12H20N8O8S. The SMILES string of the molecule is NCCOc1nnnn1CCONC(=O)[C@@H]1CC[C@@H]2CN1C(=O)N2OS(=O)(=O)O. The highest BCUT2D eigenvalue weighted by molar-refractivity contribution is 7.80. The fraction of sp³-hybridized carbons (Fsp3) is 0.750. The second-order valence-electron chi connectivity index (χ2n) is 6.15. The Kier molecular flexibility index (Phi) is 6.42. The van der Waals surface area contributed by atoms with Gasteiger partial charge in [-0.3, -0.25) is 14.2 Å². The molecule has 17 heteroatoms. The first kappa shape index (κ1) is 21.1. The van der Waals surface area contributed by atoms with E-state index in [4.69, 9.17) is 19.9 Å². The molecule has 2 aliphatic rings. The summed E-state index contributed by atoms with van der Waals surface area (Å²) in [5, 5.41) is 11.4. The van der Waals surface area contributed by atoms with Gasteiger partial charge < -0.3 is 15.4 Å². The van der Waals surface area contributed by atoms with Gasteiger partial charge in [0.15, 0.2) is 0 Å². The van der Waals surface area contributed by atoms with E-state index in [9.17, 15) is 18.0 Å². The van der Waals surface area contributed by atoms with Crippen LogP contribution in [0.5, 0.6) is 6.01 Å². The molecule has 1 aromatic rings. The average molecular weight is 436 g/mol. The Bertz CT molecular complexity index is 847. The number of hydrogen-bond acceptors (Lipinski definition) is 11. The number of carbonyl (C=O) groups excluding carboxylic acids is 2. The molecule has 2 aliphatic heterocycles. The lowest BCUT2D eigenvalue weighted by Gasteiger charge is -2.28. The molecule has 0 spiro atoms. The van der Waals surface area contributed by atoms with E-state index in [1.54, 1.807) is 0 Å². The molecule has 3 amide bonds. The number of ether oxygens (including phenoxy) is 1. The molecule has 0 saturated carbocycles. The summed E-state index contributed by atoms with van der Waals surface area (Å²) < 4.78 is 41.4. The topological polar surface area (TPSA) is 204 Å². The summed E-state index contributed by atoms with van der Waals surface area (Å²) >= 11 is 0. The molecule has 1 aromatic heterocycles. The van der Waals surface area contributed by atoms with Crippen LogP contribution >= 0.6 is 0 Å². The zero-order valence-electron chi connectivity index (χ0n) is 15.1. The number of amides is 3. The highest BCUT2D eigenvalue weighted by Crippen LogP contribution is 2.30. The summed E-state index contributed by atoms with van der Waals surface area (Å²) in [4.78, 5) is 30.9. The van der Waals surface area contributed by atoms with Gasteiger partial charge in [0.25, 0.3) is 5.91 Å². The maximum atomic E-state index is 12.4. The number of nitrogens with zero attached hydrogens (tertiary/aromatic N) is 6. The average Bonchev–Trinajstić information content (AvgIpc) is 3.21. The molecule has 2 bridgehead atoms. The molecule has 2 atom stereocenters. The number of hydroxylamine groups is 3. The molecule has 4 N–H and O–H groups in total. The summed E-state index contributed by atoms with van der Waals surface area (Å²) in [6.07, 6.45) is 0.573. The third-order valence-corrected chi connectivity index (χ3v) is 4.57. The lowest BCUT2D eigenvalue weighted by atomic mass is 10.0. The van der Waals surface area contributed by atoms with Crippen molar-refractivity contribution >= 4 is 22.3 Å². The standard InChI is InChI=1S/C12H20N8O8S/c13-3-5-26-11-14-16-17-19(11)4-6-27-15-10(21)9-2-1-8-7-18(9)12(22)20(8)28-29(23,24)25/h8-9H,1-7,13H2,(H,15,21)(H,23,24,25)/t8-,9+/m1/s1. The number of urea groups is 1. The zero-order valence-corrected chi connectivity index (χ0v) is 15.9. The number of nitrogens with two attached hydrogens (primary N) is 1. The highest BCUT2D eigenvalue weighted by atomic mass is 32.3. The fourth-order valence-corrected chi connectivity index (χ4v) is 3.41. The molecule has 0 aliphatic carbocycles. The van der Waals surface area contributed by atoms with Gasteiger partial charge in [-0.25, -0.2) is 10.3 Å². The Morgan fingerprint density at radius 1 is 1.34 bits per heavy atom. The summed E-state index contributed by atoms with van der Waals surface area (Å²) in [5.74, 6) is -0.582. The Morgan fingerprint density at radius 3 is 2.86 bits per heavy atom. The van der Waals surface area contributed by atoms with Crippen LogP contribution in [0.3, 0.4) is 0 Å². The molecular weight excluding hydrogens is 416 g/mol. The lowest BCUT2D eigenvalue weighted by Crippen LogP contribution is -2.49. The number of tetrazole rings is 1. The van der Waals surface area contributed by atoms with E-state index in [2.05, 4.69) is 25.3 Å². The van der Waals surface area contributed by atoms with E-state index in [1.807, 2.05) is 0 Å². The van der Waals surface area contributed by atoms with Gasteiger partial charge in [0.2, 0.25) is 0 Å². The number of nitrogens with one attached hydrogen (secondary N) is 1. The van der Waals surface area contributed by atoms with E-state index in [0.29, 0.717) is 18.0 Å². The maximum absolute atomic E-state index is 12.4. The predicted molar refractivity (Wildman–Crippen MR) is 89.8 cm³/mol. The Balaban J connectivity index is 1.47. The molecule has 3 rings (SSSR count). The van der Waals surface area contributed by atoms with Crippen molar-refractivity contribution < 1.29 is 36.4 Å². The number of carbonyl (C=O) groups is 2. The Morgan fingerprint density at radius 2 is 2.14 bits per heavy atom. The van der Waals surface area contributed by atoms with Crippen LogP contribution in [0.2, 0.25) is 0 Å². The second kappa shape index (κ2) is 8.82. The van der Waals surface area contributed by atoms with E-state index in [0.717, 1.165) is 4.90 Å². The second-order valence-corrected chi connectivity index (χ2v) is 7.15. The molecule has 2 fully saturated rings. The minimum Gasteiger partial charge on any atom is -0.461 e. The highest BCUT2D eigenvalue weighted by Gasteiger charge is 2.49. The van der Waals surface area contributed by atoms with Crippen LogP contribution in [0, 0.1) is 0 Å². The van der Waals surface area contributed by atoms with Crippen molar-refractivity contribution in [2.75, 3.05) is 26.3 Å². The molecule has 162 valence electrons. The van der Waals surface area contributed by atoms with Crippen molar-refractivity contribution in [1.29, 1.82) is 0 Å². The summed E-state index contributed by atoms with van der Waals surface area (Å²) in [5.41, 5.74) is 7.58. The number of aromatic nitrogens is 4. The maximum Gasteiger partial charge on any atom is 0.418 e. The number of piperidine rings is 1. The van der Waals surface area contributed by atoms with Crippen LogP contribution in [0.25, 0.3) is 0 Å². The van der Waals surface area contributed by atoms with Gasteiger partial charge in [-0.1, -0.05) is 5.10 Å². The fourth-order valence-electron chi connectivity index (χ4n) is 3.02. The normalized spacial score (nSPS) is 21.5. The lowest BCUT2D eigenvalue weighted by molar-refractivity contribution is -0.139. The molecule has 3 heterocycles. The monoisotopic (exact) mass is 436 g/mol. The third-order valence-electron chi connectivity index (χ3n) is 4.23. The number of rotatable bonds is 10. The molecule has 0 unspecified atom stereocenters. The number of fused-ring (bicyclic) bond motifs is 2. The van der Waals surface area contributed by atoms with Gasteiger partial charge in [-0.15, -0.1) is 4.28 Å². The van der Waals surface area contributed by atoms with Crippen molar-refractivity contribution in [2.45, 2.75) is 31.5 Å². The summed E-state index contributed by atoms with van der Waals surface area (Å²) in [6, 6.07) is -2.13. The number of hydrogen-bond donors (Lipinski definition) is 3. The van der Waals surface area contributed by atoms with E-state index < -0.39 is 34.4 Å². The first-order valence-corrected chi connectivity index (χ1v) is 9.94. The summed E-state index contributed by atoms with van der Waals surface area (Å²) in [7, 11) is -4.85. The van der Waals surface area contributed by atoms with Gasteiger partial charge in [0.05, 0.1) is 19.2 Å². The summed E-state index contributed by atoms with van der Waals surface area (Å²) in [6.45, 7) is 0.806. The van der Waals surface area contributed by atoms with E-state index in [-0.39, 0.29) is 38.7 Å². The predicted octanol–water partition coefficient (Wildman–Crippen LogP) is -2.94. The van der Waals surface area contributed by atoms with Gasteiger partial charge >= 0.3 is 22.4 Å². The van der Waals surface area contributed by atoms with E-state index >= 15 is 0 Å². The van der Waals surface area contributed by atoms with Crippen molar-refractivity contribution in [1.82, 2.24) is 35.7 Å². The van der Waals surface area contributed by atoms with Crippen LogP contribution in [-0.2, 0) is 30.9 Å². The van der Waals surface area contributed by atoms with Gasteiger partial charge in [0.1, 0.15) is 12.6 Å². The smallest absolute Gasteiger partial charge is 0.418 e. The molecule has 0 aromatic carbocycles. The van der Waals surface area contributed by atoms with Gasteiger partial charge in [0, 0.05) is 13.1 Å². The van der Waals surface area contributed by atoms with Crippen LogP contribution in [-0.4, -0.2) is 93.5 Å². The quantitative estimate of drug-likeness (QED) is 0.191. The Hall–Kier alpha value is -2.60. The van der Waals surface area contributed by atoms with Crippen LogP contribution < -0.4 is 16.0 Å². The molecule has 2 saturated heterocycles. The largest absolute Gasteiger partial charge is 0.461 e.